The number of nitrogens with one attached hydrogen (secondary N) is 4. The highest BCUT2D eigenvalue weighted by Crippen LogP contribution is 2.22. The van der Waals surface area contributed by atoms with E-state index >= 15 is 0 Å². The highest BCUT2D eigenvalue weighted by atomic mass is 19.1. The number of hydrogen-bond acceptors (Lipinski definition) is 7. The summed E-state index contributed by atoms with van der Waals surface area (Å²) in [4.78, 5) is 24.4. The van der Waals surface area contributed by atoms with Crippen LogP contribution >= 0.6 is 0 Å². The van der Waals surface area contributed by atoms with Crippen molar-refractivity contribution in [1.82, 2.24) is 25.4 Å². The first-order valence-electron chi connectivity index (χ1n) is 9.09. The molecular formula is C20H18FN7O2. The van der Waals surface area contributed by atoms with Gasteiger partial charge in [-0.3, -0.25) is 10.2 Å². The minimum Gasteiger partial charge on any atom is -0.387 e. The van der Waals surface area contributed by atoms with E-state index in [-0.39, 0.29) is 28.9 Å². The molecule has 0 bridgehead atoms. The molecule has 0 aliphatic heterocycles. The first kappa shape index (κ1) is 19.2. The van der Waals surface area contributed by atoms with Crippen LogP contribution in [-0.4, -0.2) is 38.8 Å². The maximum atomic E-state index is 13.5. The molecule has 0 spiro atoms. The van der Waals surface area contributed by atoms with Gasteiger partial charge in [0.1, 0.15) is 29.0 Å². The van der Waals surface area contributed by atoms with Crippen LogP contribution < -0.4 is 10.6 Å². The van der Waals surface area contributed by atoms with Gasteiger partial charge in [0, 0.05) is 30.6 Å². The van der Waals surface area contributed by atoms with Gasteiger partial charge in [0.2, 0.25) is 0 Å². The summed E-state index contributed by atoms with van der Waals surface area (Å²) in [6.45, 7) is 1.78. The quantitative estimate of drug-likeness (QED) is 0.363. The van der Waals surface area contributed by atoms with E-state index in [1.807, 2.05) is 0 Å². The lowest BCUT2D eigenvalue weighted by molar-refractivity contribution is 0.0940. The van der Waals surface area contributed by atoms with Crippen LogP contribution in [0.2, 0.25) is 0 Å². The molecule has 0 fully saturated rings. The van der Waals surface area contributed by atoms with Gasteiger partial charge in [-0.05, 0) is 25.1 Å². The molecule has 0 aliphatic rings. The smallest absolute Gasteiger partial charge is 0.255 e. The zero-order valence-electron chi connectivity index (χ0n) is 16.2. The number of aromatic nitrogens is 4. The van der Waals surface area contributed by atoms with Crippen LogP contribution in [0, 0.1) is 11.2 Å². The van der Waals surface area contributed by atoms with Crippen LogP contribution in [0.5, 0.6) is 0 Å². The molecule has 0 radical (unpaired) electrons. The molecule has 9 nitrogen and oxygen atoms in total. The topological polar surface area (TPSA) is 133 Å². The third-order valence-electron chi connectivity index (χ3n) is 4.65. The number of carbonyl (C=O) groups excluding carboxylic acids is 1. The molecule has 3 aromatic heterocycles. The van der Waals surface area contributed by atoms with E-state index in [9.17, 15) is 9.18 Å². The fraction of sp³-hybridized carbons (Fsp3) is 0.150. The molecule has 1 amide bonds. The number of H-pyrrole nitrogens is 1. The first-order chi connectivity index (χ1) is 14.5. The van der Waals surface area contributed by atoms with Crippen LogP contribution in [0.15, 0.2) is 47.4 Å². The summed E-state index contributed by atoms with van der Waals surface area (Å²) in [5.74, 6) is -0.782. The minimum atomic E-state index is -0.414. The number of halogens is 1. The standard InChI is InChI=1S/C20H18FN7O2/c1-10(14-5-6-30-28-14)26-20(29)13-8-24-19-18(13)27-16(9-25-19)17(22)12-4-3-11(21)7-15(12)23-2/h3-10,22-23H,1-2H3,(H,24,25)(H,26,29). The minimum absolute atomic E-state index is 0.0530. The molecule has 0 aliphatic carbocycles. The third-order valence-corrected chi connectivity index (χ3v) is 4.65. The van der Waals surface area contributed by atoms with Crippen molar-refractivity contribution in [2.24, 2.45) is 0 Å². The molecule has 1 atom stereocenters. The summed E-state index contributed by atoms with van der Waals surface area (Å²) in [6, 6.07) is 5.38. The Bertz CT molecular complexity index is 1230. The summed E-state index contributed by atoms with van der Waals surface area (Å²) in [5, 5.41) is 18.0. The van der Waals surface area contributed by atoms with Gasteiger partial charge in [-0.15, -0.1) is 0 Å². The third kappa shape index (κ3) is 3.50. The molecule has 10 heteroatoms. The molecular weight excluding hydrogens is 389 g/mol. The molecule has 4 aromatic rings. The fourth-order valence-corrected chi connectivity index (χ4v) is 3.06. The summed E-state index contributed by atoms with van der Waals surface area (Å²) in [7, 11) is 1.64. The fourth-order valence-electron chi connectivity index (χ4n) is 3.06. The van der Waals surface area contributed by atoms with Crippen LogP contribution in [-0.2, 0) is 0 Å². The summed E-state index contributed by atoms with van der Waals surface area (Å²) in [5.41, 5.74) is 2.85. The van der Waals surface area contributed by atoms with Crippen LogP contribution in [0.4, 0.5) is 10.1 Å². The maximum Gasteiger partial charge on any atom is 0.255 e. The SMILES string of the molecule is CNc1cc(F)ccc1C(=N)c1cnc2[nH]cc(C(=O)NC(C)c3ccon3)c2n1. The molecule has 4 rings (SSSR count). The van der Waals surface area contributed by atoms with Crippen molar-refractivity contribution in [3.8, 4) is 0 Å². The van der Waals surface area contributed by atoms with Crippen molar-refractivity contribution in [2.75, 3.05) is 12.4 Å². The largest absolute Gasteiger partial charge is 0.387 e. The van der Waals surface area contributed by atoms with Gasteiger partial charge >= 0.3 is 0 Å². The van der Waals surface area contributed by atoms with E-state index in [0.29, 0.717) is 28.1 Å². The van der Waals surface area contributed by atoms with Crippen LogP contribution in [0.1, 0.15) is 40.3 Å². The summed E-state index contributed by atoms with van der Waals surface area (Å²) < 4.78 is 18.3. The van der Waals surface area contributed by atoms with E-state index in [1.165, 1.54) is 36.9 Å². The zero-order chi connectivity index (χ0) is 21.3. The van der Waals surface area contributed by atoms with Gasteiger partial charge in [0.25, 0.3) is 5.91 Å². The Morgan fingerprint density at radius 1 is 1.30 bits per heavy atom. The van der Waals surface area contributed by atoms with Gasteiger partial charge in [0.05, 0.1) is 23.5 Å². The van der Waals surface area contributed by atoms with E-state index < -0.39 is 5.82 Å². The lowest BCUT2D eigenvalue weighted by atomic mass is 10.1. The van der Waals surface area contributed by atoms with E-state index in [0.717, 1.165) is 0 Å². The van der Waals surface area contributed by atoms with Crippen LogP contribution in [0.3, 0.4) is 0 Å². The molecule has 30 heavy (non-hydrogen) atoms. The highest BCUT2D eigenvalue weighted by Gasteiger charge is 2.20. The maximum absolute atomic E-state index is 13.5. The normalized spacial score (nSPS) is 12.0. The Morgan fingerprint density at radius 3 is 2.87 bits per heavy atom. The average molecular weight is 407 g/mol. The molecule has 1 aromatic carbocycles. The Morgan fingerprint density at radius 2 is 2.13 bits per heavy atom. The number of rotatable bonds is 6. The lowest BCUT2D eigenvalue weighted by Crippen LogP contribution is -2.26. The number of hydrogen-bond donors (Lipinski definition) is 4. The Labute approximate surface area is 170 Å². The van der Waals surface area contributed by atoms with Crippen molar-refractivity contribution >= 4 is 28.5 Å². The molecule has 3 heterocycles. The van der Waals surface area contributed by atoms with Gasteiger partial charge in [-0.2, -0.15) is 0 Å². The average Bonchev–Trinajstić information content (AvgIpc) is 3.42. The lowest BCUT2D eigenvalue weighted by Gasteiger charge is -2.11. The van der Waals surface area contributed by atoms with Crippen molar-refractivity contribution < 1.29 is 13.7 Å². The number of nitrogens with zero attached hydrogens (tertiary/aromatic N) is 3. The Balaban J connectivity index is 1.66. The van der Waals surface area contributed by atoms with Gasteiger partial charge in [-0.1, -0.05) is 5.16 Å². The number of carbonyl (C=O) groups is 1. The predicted molar refractivity (Wildman–Crippen MR) is 108 cm³/mol. The number of fused-ring (bicyclic) bond motifs is 1. The van der Waals surface area contributed by atoms with E-state index in [1.54, 1.807) is 20.0 Å². The molecule has 0 saturated carbocycles. The molecule has 0 saturated heterocycles. The monoisotopic (exact) mass is 407 g/mol. The number of aromatic amines is 1. The van der Waals surface area contributed by atoms with E-state index in [4.69, 9.17) is 9.93 Å². The number of amides is 1. The van der Waals surface area contributed by atoms with Crippen molar-refractivity contribution in [3.05, 3.63) is 71.3 Å². The second-order valence-corrected chi connectivity index (χ2v) is 6.59. The van der Waals surface area contributed by atoms with Crippen molar-refractivity contribution in [1.29, 1.82) is 5.41 Å². The van der Waals surface area contributed by atoms with Gasteiger partial charge < -0.3 is 20.1 Å². The molecule has 4 N–H and O–H groups in total. The van der Waals surface area contributed by atoms with Gasteiger partial charge in [-0.25, -0.2) is 14.4 Å². The molecule has 152 valence electrons. The second-order valence-electron chi connectivity index (χ2n) is 6.59. The first-order valence-corrected chi connectivity index (χ1v) is 9.09. The Hall–Kier alpha value is -4.08. The van der Waals surface area contributed by atoms with Gasteiger partial charge in [0.15, 0.2) is 5.65 Å². The van der Waals surface area contributed by atoms with Crippen molar-refractivity contribution in [2.45, 2.75) is 13.0 Å². The number of anilines is 1. The van der Waals surface area contributed by atoms with Crippen molar-refractivity contribution in [3.63, 3.8) is 0 Å². The zero-order valence-corrected chi connectivity index (χ0v) is 16.2. The Kier molecular flexibility index (Phi) is 4.97. The van der Waals surface area contributed by atoms with Crippen LogP contribution in [0.25, 0.3) is 11.2 Å². The summed E-state index contributed by atoms with van der Waals surface area (Å²) >= 11 is 0. The molecule has 1 unspecified atom stereocenters. The highest BCUT2D eigenvalue weighted by molar-refractivity contribution is 6.14. The number of benzene rings is 1. The second kappa shape index (κ2) is 7.74. The predicted octanol–water partition coefficient (Wildman–Crippen LogP) is 3.03. The van der Waals surface area contributed by atoms with E-state index in [2.05, 4.69) is 30.7 Å². The summed E-state index contributed by atoms with van der Waals surface area (Å²) in [6.07, 6.45) is 4.38.